The average Bonchev–Trinajstić information content (AvgIpc) is 3.31. The van der Waals surface area contributed by atoms with E-state index in [4.69, 9.17) is 10.5 Å². The molecule has 2 N–H and O–H groups in total. The number of carbonyl (C=O) groups excluding carboxylic acids is 1. The van der Waals surface area contributed by atoms with E-state index >= 15 is 0 Å². The summed E-state index contributed by atoms with van der Waals surface area (Å²) >= 11 is 0. The fourth-order valence-corrected chi connectivity index (χ4v) is 5.63. The lowest BCUT2D eigenvalue weighted by Crippen LogP contribution is -2.54. The Morgan fingerprint density at radius 1 is 1.12 bits per heavy atom. The zero-order valence-electron chi connectivity index (χ0n) is 18.7. The van der Waals surface area contributed by atoms with Crippen LogP contribution >= 0.6 is 0 Å². The maximum atomic E-state index is 13.5. The highest BCUT2D eigenvalue weighted by atomic mass is 16.5. The number of rotatable bonds is 3. The molecule has 3 aromatic rings. The smallest absolute Gasteiger partial charge is 0.256 e. The van der Waals surface area contributed by atoms with Crippen LogP contribution in [0.4, 0.5) is 0 Å². The van der Waals surface area contributed by atoms with Gasteiger partial charge in [-0.1, -0.05) is 12.1 Å². The average molecular weight is 443 g/mol. The van der Waals surface area contributed by atoms with E-state index in [0.717, 1.165) is 59.2 Å². The molecule has 0 radical (unpaired) electrons. The summed E-state index contributed by atoms with van der Waals surface area (Å²) in [6.07, 6.45) is 7.32. The summed E-state index contributed by atoms with van der Waals surface area (Å²) in [5.41, 5.74) is 11.5. The molecule has 3 atom stereocenters. The third-order valence-electron chi connectivity index (χ3n) is 7.12. The quantitative estimate of drug-likeness (QED) is 0.665. The largest absolute Gasteiger partial charge is 0.480 e. The van der Waals surface area contributed by atoms with Crippen molar-refractivity contribution in [2.75, 3.05) is 27.2 Å². The Hall–Kier alpha value is -3.36. The van der Waals surface area contributed by atoms with Gasteiger partial charge in [0.2, 0.25) is 5.88 Å². The van der Waals surface area contributed by atoms with Crippen molar-refractivity contribution in [3.63, 3.8) is 0 Å². The molecule has 1 aromatic carbocycles. The van der Waals surface area contributed by atoms with Crippen LogP contribution in [0.5, 0.6) is 5.88 Å². The molecule has 0 spiro atoms. The molecule has 4 heterocycles. The third kappa shape index (κ3) is 3.20. The number of hydrogen-bond acceptors (Lipinski definition) is 7. The number of methoxy groups -OCH3 is 1. The fourth-order valence-electron chi connectivity index (χ4n) is 5.63. The molecule has 6 rings (SSSR count). The summed E-state index contributed by atoms with van der Waals surface area (Å²) < 4.78 is 5.43. The molecule has 2 bridgehead atoms. The van der Waals surface area contributed by atoms with Gasteiger partial charge in [-0.25, -0.2) is 9.97 Å². The lowest BCUT2D eigenvalue weighted by atomic mass is 9.98. The Morgan fingerprint density at radius 3 is 2.67 bits per heavy atom. The number of nitrogens with two attached hydrogens (primary N) is 1. The summed E-state index contributed by atoms with van der Waals surface area (Å²) in [6, 6.07) is 8.17. The second-order valence-corrected chi connectivity index (χ2v) is 9.20. The summed E-state index contributed by atoms with van der Waals surface area (Å²) in [7, 11) is 3.73. The number of aromatic nitrogens is 3. The topological polar surface area (TPSA) is 97.5 Å². The predicted octanol–water partition coefficient (Wildman–Crippen LogP) is 2.40. The number of likely N-dealkylation sites (tertiary alicyclic amines) is 1. The Bertz CT molecular complexity index is 1290. The molecule has 168 valence electrons. The monoisotopic (exact) mass is 442 g/mol. The molecule has 1 amide bonds. The minimum absolute atomic E-state index is 0.0688. The minimum atomic E-state index is -0.316. The van der Waals surface area contributed by atoms with Crippen molar-refractivity contribution in [2.45, 2.75) is 31.0 Å². The Kier molecular flexibility index (Phi) is 4.67. The van der Waals surface area contributed by atoms with Crippen LogP contribution in [-0.4, -0.2) is 70.0 Å². The predicted molar refractivity (Wildman–Crippen MR) is 125 cm³/mol. The molecule has 0 saturated carbocycles. The molecule has 8 heteroatoms. The van der Waals surface area contributed by atoms with Gasteiger partial charge in [0, 0.05) is 36.9 Å². The number of likely N-dealkylation sites (N-methyl/N-ethyl adjacent to an activating group) is 1. The van der Waals surface area contributed by atoms with Crippen molar-refractivity contribution < 1.29 is 9.53 Å². The number of nitrogens with zero attached hydrogens (tertiary/aromatic N) is 5. The molecular formula is C25H26N6O2. The highest BCUT2D eigenvalue weighted by molar-refractivity contribution is 5.98. The molecule has 2 fully saturated rings. The van der Waals surface area contributed by atoms with Gasteiger partial charge in [0.05, 0.1) is 35.3 Å². The Morgan fingerprint density at radius 2 is 1.91 bits per heavy atom. The van der Waals surface area contributed by atoms with Crippen LogP contribution in [0.3, 0.4) is 0 Å². The van der Waals surface area contributed by atoms with Gasteiger partial charge in [-0.05, 0) is 49.2 Å². The van der Waals surface area contributed by atoms with Crippen molar-refractivity contribution in [3.05, 3.63) is 65.2 Å². The molecule has 2 aromatic heterocycles. The molecule has 3 aliphatic rings. The van der Waals surface area contributed by atoms with Crippen molar-refractivity contribution in [3.8, 4) is 5.88 Å². The highest BCUT2D eigenvalue weighted by Gasteiger charge is 2.42. The number of benzene rings is 1. The van der Waals surface area contributed by atoms with E-state index in [1.165, 1.54) is 6.33 Å². The van der Waals surface area contributed by atoms with E-state index in [9.17, 15) is 4.79 Å². The number of amides is 1. The van der Waals surface area contributed by atoms with Gasteiger partial charge in [-0.15, -0.1) is 0 Å². The van der Waals surface area contributed by atoms with Crippen LogP contribution in [0.15, 0.2) is 42.9 Å². The zero-order valence-corrected chi connectivity index (χ0v) is 18.7. The van der Waals surface area contributed by atoms with Crippen molar-refractivity contribution >= 4 is 22.4 Å². The summed E-state index contributed by atoms with van der Waals surface area (Å²) in [6.45, 7) is 1.86. The van der Waals surface area contributed by atoms with Gasteiger partial charge in [-0.3, -0.25) is 9.78 Å². The van der Waals surface area contributed by atoms with Crippen molar-refractivity contribution in [1.29, 1.82) is 0 Å². The fraction of sp³-hybridized carbons (Fsp3) is 0.360. The second kappa shape index (κ2) is 7.60. The van der Waals surface area contributed by atoms with Crippen molar-refractivity contribution in [1.82, 2.24) is 24.8 Å². The molecule has 2 saturated heterocycles. The normalized spacial score (nSPS) is 24.2. The van der Waals surface area contributed by atoms with Crippen LogP contribution in [0, 0.1) is 0 Å². The van der Waals surface area contributed by atoms with Crippen LogP contribution in [0.2, 0.25) is 0 Å². The number of carbonyl (C=O) groups is 1. The molecular weight excluding hydrogens is 416 g/mol. The van der Waals surface area contributed by atoms with Crippen LogP contribution in [0.25, 0.3) is 16.5 Å². The Balaban J connectivity index is 1.38. The first-order chi connectivity index (χ1) is 16.0. The number of piperazine rings is 1. The second-order valence-electron chi connectivity index (χ2n) is 9.20. The first-order valence-corrected chi connectivity index (χ1v) is 11.3. The Labute approximate surface area is 192 Å². The van der Waals surface area contributed by atoms with E-state index in [1.807, 2.05) is 30.3 Å². The summed E-state index contributed by atoms with van der Waals surface area (Å²) in [5.74, 6) is 0.594. The zero-order chi connectivity index (χ0) is 22.7. The van der Waals surface area contributed by atoms with Gasteiger partial charge in [0.1, 0.15) is 6.33 Å². The molecule has 33 heavy (non-hydrogen) atoms. The first kappa shape index (κ1) is 20.3. The lowest BCUT2D eigenvalue weighted by Gasteiger charge is -2.39. The number of hydrogen-bond donors (Lipinski definition) is 1. The first-order valence-electron chi connectivity index (χ1n) is 11.3. The standard InChI is InChI=1S/C25H26N6O2/c1-30-11-16-4-5-17(12-30)31(16)25(32)15-8-19-18(9-21(26)23(19)27-10-15)14-3-6-22-20(7-14)24(33-2)29-13-28-22/h3,6-10,13,16-17,21H,4-5,11-12,26H2,1-2H3/t16?,17?,21-/m0/s1. The number of ether oxygens (including phenoxy) is 1. The summed E-state index contributed by atoms with van der Waals surface area (Å²) in [5, 5.41) is 0.828. The molecule has 2 aliphatic heterocycles. The van der Waals surface area contributed by atoms with Gasteiger partial charge < -0.3 is 20.3 Å². The van der Waals surface area contributed by atoms with E-state index in [-0.39, 0.29) is 24.0 Å². The van der Waals surface area contributed by atoms with E-state index < -0.39 is 0 Å². The molecule has 2 unspecified atom stereocenters. The van der Waals surface area contributed by atoms with E-state index in [1.54, 1.807) is 13.3 Å². The van der Waals surface area contributed by atoms with E-state index in [2.05, 4.69) is 31.8 Å². The van der Waals surface area contributed by atoms with Gasteiger partial charge >= 0.3 is 0 Å². The summed E-state index contributed by atoms with van der Waals surface area (Å²) in [4.78, 5) is 31.1. The molecule has 1 aliphatic carbocycles. The van der Waals surface area contributed by atoms with Crippen molar-refractivity contribution in [2.24, 2.45) is 5.73 Å². The van der Waals surface area contributed by atoms with Crippen LogP contribution < -0.4 is 10.5 Å². The van der Waals surface area contributed by atoms with Gasteiger partial charge in [0.25, 0.3) is 5.91 Å². The van der Waals surface area contributed by atoms with Crippen LogP contribution in [-0.2, 0) is 0 Å². The van der Waals surface area contributed by atoms with Crippen LogP contribution in [0.1, 0.15) is 46.1 Å². The van der Waals surface area contributed by atoms with E-state index in [0.29, 0.717) is 11.4 Å². The number of pyridine rings is 1. The minimum Gasteiger partial charge on any atom is -0.480 e. The van der Waals surface area contributed by atoms with Gasteiger partial charge in [0.15, 0.2) is 0 Å². The lowest BCUT2D eigenvalue weighted by molar-refractivity contribution is 0.0472. The number of fused-ring (bicyclic) bond motifs is 4. The highest BCUT2D eigenvalue weighted by Crippen LogP contribution is 2.39. The maximum absolute atomic E-state index is 13.5. The maximum Gasteiger partial charge on any atom is 0.256 e. The SMILES string of the molecule is COc1ncnc2ccc(C3=C[C@H](N)c4ncc(C(=O)N5C6CCC5CN(C)C6)cc43)cc12. The third-order valence-corrected chi connectivity index (χ3v) is 7.12. The molecule has 8 nitrogen and oxygen atoms in total. The van der Waals surface area contributed by atoms with Gasteiger partial charge in [-0.2, -0.15) is 0 Å².